The molecule has 0 spiro atoms. The number of halogens is 1. The third-order valence-electron chi connectivity index (χ3n) is 4.29. The van der Waals surface area contributed by atoms with Crippen LogP contribution in [-0.4, -0.2) is 41.4 Å². The normalized spacial score (nSPS) is 20.9. The molecule has 2 aliphatic rings. The molecule has 9 heteroatoms. The van der Waals surface area contributed by atoms with Crippen LogP contribution in [0.2, 0.25) is 0 Å². The molecular weight excluding hydrogens is 414 g/mol. The second-order valence-corrected chi connectivity index (χ2v) is 7.01. The van der Waals surface area contributed by atoms with E-state index in [1.165, 1.54) is 5.01 Å². The number of hydrogen-bond donors (Lipinski definition) is 1. The van der Waals surface area contributed by atoms with Crippen molar-refractivity contribution in [1.82, 2.24) is 5.01 Å². The highest BCUT2D eigenvalue weighted by atomic mass is 79.9. The summed E-state index contributed by atoms with van der Waals surface area (Å²) in [6.07, 6.45) is 0. The summed E-state index contributed by atoms with van der Waals surface area (Å²) in [4.78, 5) is 38.9. The van der Waals surface area contributed by atoms with Gasteiger partial charge in [0.25, 0.3) is 11.8 Å². The molecule has 0 bridgehead atoms. The van der Waals surface area contributed by atoms with Crippen molar-refractivity contribution in [3.63, 3.8) is 0 Å². The second kappa shape index (κ2) is 6.92. The zero-order valence-corrected chi connectivity index (χ0v) is 15.5. The topological polar surface area (TPSA) is 94.4 Å². The fraction of sp³-hybridized carbons (Fsp3) is 0.167. The van der Waals surface area contributed by atoms with E-state index in [1.807, 2.05) is 6.07 Å². The highest BCUT2D eigenvalue weighted by Crippen LogP contribution is 2.32. The van der Waals surface area contributed by atoms with E-state index in [4.69, 9.17) is 0 Å². The fourth-order valence-corrected chi connectivity index (χ4v) is 3.48. The summed E-state index contributed by atoms with van der Waals surface area (Å²) in [7, 11) is 0. The molecule has 3 amide bonds. The van der Waals surface area contributed by atoms with E-state index < -0.39 is 23.9 Å². The molecule has 1 N–H and O–H groups in total. The Kier molecular flexibility index (Phi) is 4.44. The van der Waals surface area contributed by atoms with Gasteiger partial charge in [-0.1, -0.05) is 45.4 Å². The molecule has 1 saturated heterocycles. The average molecular weight is 428 g/mol. The maximum absolute atomic E-state index is 12.9. The molecule has 2 aliphatic heterocycles. The molecule has 4 rings (SSSR count). The fourth-order valence-electron chi connectivity index (χ4n) is 3.09. The number of anilines is 2. The number of nitrogens with zero attached hydrogens (tertiary/aromatic N) is 4. The Morgan fingerprint density at radius 2 is 1.85 bits per heavy atom. The van der Waals surface area contributed by atoms with Gasteiger partial charge in [-0.25, -0.2) is 4.90 Å². The van der Waals surface area contributed by atoms with Crippen LogP contribution in [0.4, 0.5) is 11.4 Å². The molecule has 2 heterocycles. The third-order valence-corrected chi connectivity index (χ3v) is 4.78. The molecule has 0 unspecified atom stereocenters. The number of imide groups is 1. The smallest absolute Gasteiger partial charge is 0.263 e. The summed E-state index contributed by atoms with van der Waals surface area (Å²) in [5.41, 5.74) is 1.09. The van der Waals surface area contributed by atoms with Gasteiger partial charge in [0.1, 0.15) is 6.54 Å². The predicted octanol–water partition coefficient (Wildman–Crippen LogP) is 2.38. The number of benzene rings is 2. The van der Waals surface area contributed by atoms with Crippen LogP contribution in [0.25, 0.3) is 0 Å². The minimum absolute atomic E-state index is 0.176. The summed E-state index contributed by atoms with van der Waals surface area (Å²) in [6, 6.07) is 14.0. The first-order valence-electron chi connectivity index (χ1n) is 8.20. The zero-order valence-electron chi connectivity index (χ0n) is 13.9. The number of fused-ring (bicyclic) bond motifs is 1. The van der Waals surface area contributed by atoms with Crippen molar-refractivity contribution in [2.24, 2.45) is 10.3 Å². The van der Waals surface area contributed by atoms with Gasteiger partial charge in [0.15, 0.2) is 12.1 Å². The van der Waals surface area contributed by atoms with Crippen LogP contribution in [0.1, 0.15) is 0 Å². The number of carbonyl (C=O) groups is 3. The van der Waals surface area contributed by atoms with Crippen molar-refractivity contribution in [3.05, 3.63) is 59.1 Å². The van der Waals surface area contributed by atoms with E-state index in [9.17, 15) is 14.4 Å². The molecule has 136 valence electrons. The molecule has 0 aliphatic carbocycles. The number of para-hydroxylation sites is 1. The molecule has 2 atom stereocenters. The van der Waals surface area contributed by atoms with Crippen molar-refractivity contribution in [3.8, 4) is 0 Å². The Morgan fingerprint density at radius 3 is 2.59 bits per heavy atom. The third kappa shape index (κ3) is 3.21. The molecule has 27 heavy (non-hydrogen) atoms. The zero-order chi connectivity index (χ0) is 19.0. The Hall–Kier alpha value is -3.07. The van der Waals surface area contributed by atoms with Gasteiger partial charge in [0.2, 0.25) is 5.91 Å². The van der Waals surface area contributed by atoms with Crippen LogP contribution >= 0.6 is 15.9 Å². The van der Waals surface area contributed by atoms with Crippen molar-refractivity contribution in [2.45, 2.75) is 12.1 Å². The Bertz CT molecular complexity index is 949. The van der Waals surface area contributed by atoms with Gasteiger partial charge in [0, 0.05) is 10.2 Å². The van der Waals surface area contributed by atoms with Crippen molar-refractivity contribution >= 4 is 45.0 Å². The van der Waals surface area contributed by atoms with Crippen LogP contribution < -0.4 is 10.2 Å². The summed E-state index contributed by atoms with van der Waals surface area (Å²) in [6.45, 7) is -0.176. The first kappa shape index (κ1) is 17.3. The van der Waals surface area contributed by atoms with E-state index in [2.05, 4.69) is 31.6 Å². The Morgan fingerprint density at radius 1 is 1.07 bits per heavy atom. The first-order chi connectivity index (χ1) is 13.0. The number of amides is 3. The lowest BCUT2D eigenvalue weighted by atomic mass is 10.1. The summed E-state index contributed by atoms with van der Waals surface area (Å²) in [5.74, 6) is -1.24. The average Bonchev–Trinajstić information content (AvgIpc) is 3.16. The standard InChI is InChI=1S/C18H14BrN5O3/c19-11-5-4-8-13(9-11)24-17(26)15-16(18(24)27)23(22-21-15)10-14(25)20-12-6-2-1-3-7-12/h1-9,15-16H,10H2,(H,20,25)/t15-,16+/m0/s1. The van der Waals surface area contributed by atoms with E-state index in [0.29, 0.717) is 11.4 Å². The Labute approximate surface area is 163 Å². The lowest BCUT2D eigenvalue weighted by Gasteiger charge is -2.20. The highest BCUT2D eigenvalue weighted by Gasteiger charge is 2.55. The highest BCUT2D eigenvalue weighted by molar-refractivity contribution is 9.10. The quantitative estimate of drug-likeness (QED) is 0.757. The van der Waals surface area contributed by atoms with Crippen LogP contribution in [0, 0.1) is 0 Å². The van der Waals surface area contributed by atoms with Crippen LogP contribution in [0.15, 0.2) is 69.4 Å². The van der Waals surface area contributed by atoms with E-state index in [1.54, 1.807) is 48.5 Å². The minimum atomic E-state index is -0.930. The van der Waals surface area contributed by atoms with Crippen molar-refractivity contribution in [1.29, 1.82) is 0 Å². The molecule has 0 saturated carbocycles. The van der Waals surface area contributed by atoms with Crippen LogP contribution in [0.5, 0.6) is 0 Å². The van der Waals surface area contributed by atoms with Gasteiger partial charge < -0.3 is 5.32 Å². The number of nitrogens with one attached hydrogen (secondary N) is 1. The monoisotopic (exact) mass is 427 g/mol. The summed E-state index contributed by atoms with van der Waals surface area (Å²) >= 11 is 3.33. The molecular formula is C18H14BrN5O3. The molecule has 2 aromatic carbocycles. The van der Waals surface area contributed by atoms with E-state index in [-0.39, 0.29) is 12.5 Å². The van der Waals surface area contributed by atoms with Gasteiger partial charge in [0.05, 0.1) is 5.69 Å². The molecule has 0 radical (unpaired) electrons. The lowest BCUT2D eigenvalue weighted by Crippen LogP contribution is -2.43. The van der Waals surface area contributed by atoms with E-state index >= 15 is 0 Å². The maximum atomic E-state index is 12.9. The van der Waals surface area contributed by atoms with E-state index in [0.717, 1.165) is 9.37 Å². The van der Waals surface area contributed by atoms with Gasteiger partial charge in [-0.05, 0) is 30.3 Å². The van der Waals surface area contributed by atoms with Gasteiger partial charge in [-0.2, -0.15) is 5.11 Å². The van der Waals surface area contributed by atoms with Gasteiger partial charge in [-0.15, -0.1) is 0 Å². The van der Waals surface area contributed by atoms with Crippen LogP contribution in [0.3, 0.4) is 0 Å². The first-order valence-corrected chi connectivity index (χ1v) is 8.99. The summed E-state index contributed by atoms with van der Waals surface area (Å²) < 4.78 is 0.749. The number of carbonyl (C=O) groups excluding carboxylic acids is 3. The molecule has 1 fully saturated rings. The summed E-state index contributed by atoms with van der Waals surface area (Å²) in [5, 5.41) is 11.8. The molecule has 2 aromatic rings. The predicted molar refractivity (Wildman–Crippen MR) is 101 cm³/mol. The molecule has 8 nitrogen and oxygen atoms in total. The minimum Gasteiger partial charge on any atom is -0.324 e. The van der Waals surface area contributed by atoms with Crippen LogP contribution in [-0.2, 0) is 14.4 Å². The van der Waals surface area contributed by atoms with Gasteiger partial charge >= 0.3 is 0 Å². The lowest BCUT2D eigenvalue weighted by molar-refractivity contribution is -0.123. The van der Waals surface area contributed by atoms with Crippen molar-refractivity contribution < 1.29 is 14.4 Å². The van der Waals surface area contributed by atoms with Crippen molar-refractivity contribution in [2.75, 3.05) is 16.8 Å². The second-order valence-electron chi connectivity index (χ2n) is 6.10. The number of hydrogen-bond acceptors (Lipinski definition) is 6. The molecule has 0 aromatic heterocycles. The van der Waals surface area contributed by atoms with Gasteiger partial charge in [-0.3, -0.25) is 19.4 Å². The maximum Gasteiger partial charge on any atom is 0.263 e. The SMILES string of the molecule is O=C(CN1N=N[C@@H]2C(=O)N(c3cccc(Br)c3)C(=O)[C@@H]21)Nc1ccccc1. The number of rotatable bonds is 4. The largest absolute Gasteiger partial charge is 0.324 e. The Balaban J connectivity index is 1.50.